The van der Waals surface area contributed by atoms with Crippen LogP contribution >= 0.6 is 0 Å². The lowest BCUT2D eigenvalue weighted by atomic mass is 10.0. The number of hydrogen-bond donors (Lipinski definition) is 0. The summed E-state index contributed by atoms with van der Waals surface area (Å²) in [7, 11) is 3.64. The molecule has 0 N–H and O–H groups in total. The van der Waals surface area contributed by atoms with E-state index in [1.54, 1.807) is 7.11 Å². The first kappa shape index (κ1) is 18.8. The number of allylic oxidation sites excluding steroid dienone is 2. The highest BCUT2D eigenvalue weighted by Gasteiger charge is 2.26. The van der Waals surface area contributed by atoms with Crippen molar-refractivity contribution in [3.8, 4) is 34.0 Å². The number of aromatic nitrogens is 6. The topological polar surface area (TPSA) is 75.1 Å². The summed E-state index contributed by atoms with van der Waals surface area (Å²) in [6, 6.07) is 6.10. The highest BCUT2D eigenvalue weighted by molar-refractivity contribution is 5.77. The van der Waals surface area contributed by atoms with Gasteiger partial charge >= 0.3 is 0 Å². The SMILES string of the molecule is COc1ccc2c(c1)-c1nn(C)cc1Cc1c(-c3cnn(CC4=CCCC=N4)c3)ncn1-2. The third-order valence-electron chi connectivity index (χ3n) is 6.01. The van der Waals surface area contributed by atoms with E-state index in [0.29, 0.717) is 6.54 Å². The maximum Gasteiger partial charge on any atom is 0.119 e. The zero-order valence-corrected chi connectivity index (χ0v) is 18.1. The second-order valence-electron chi connectivity index (χ2n) is 8.16. The van der Waals surface area contributed by atoms with Crippen molar-refractivity contribution >= 4 is 6.21 Å². The van der Waals surface area contributed by atoms with Crippen LogP contribution in [0.5, 0.6) is 5.75 Å². The van der Waals surface area contributed by atoms with Crippen LogP contribution in [-0.4, -0.2) is 42.4 Å². The monoisotopic (exact) mass is 425 g/mol. The lowest BCUT2D eigenvalue weighted by molar-refractivity contribution is 0.415. The molecule has 3 aromatic heterocycles. The molecule has 6 rings (SSSR count). The molecule has 0 spiro atoms. The summed E-state index contributed by atoms with van der Waals surface area (Å²) in [6.07, 6.45) is 14.9. The fourth-order valence-corrected chi connectivity index (χ4v) is 4.51. The van der Waals surface area contributed by atoms with Gasteiger partial charge in [0.15, 0.2) is 0 Å². The average Bonchev–Trinajstić information content (AvgIpc) is 3.51. The van der Waals surface area contributed by atoms with Crippen LogP contribution in [0.2, 0.25) is 0 Å². The molecule has 0 radical (unpaired) electrons. The Bertz CT molecular complexity index is 1390. The normalized spacial score (nSPS) is 14.4. The molecule has 0 aliphatic carbocycles. The molecule has 32 heavy (non-hydrogen) atoms. The summed E-state index contributed by atoms with van der Waals surface area (Å²) in [5, 5.41) is 9.33. The highest BCUT2D eigenvalue weighted by atomic mass is 16.5. The van der Waals surface area contributed by atoms with Crippen LogP contribution in [0.3, 0.4) is 0 Å². The largest absolute Gasteiger partial charge is 0.497 e. The maximum absolute atomic E-state index is 5.49. The van der Waals surface area contributed by atoms with Gasteiger partial charge in [0.2, 0.25) is 0 Å². The summed E-state index contributed by atoms with van der Waals surface area (Å²) >= 11 is 0. The Labute approximate surface area is 185 Å². The number of hydrogen-bond acceptors (Lipinski definition) is 5. The third kappa shape index (κ3) is 3.07. The van der Waals surface area contributed by atoms with Crippen molar-refractivity contribution in [1.82, 2.24) is 29.1 Å². The summed E-state index contributed by atoms with van der Waals surface area (Å²) < 4.78 is 11.5. The van der Waals surface area contributed by atoms with Crippen molar-refractivity contribution in [2.24, 2.45) is 12.0 Å². The van der Waals surface area contributed by atoms with Gasteiger partial charge in [-0.15, -0.1) is 0 Å². The van der Waals surface area contributed by atoms with Gasteiger partial charge in [-0.2, -0.15) is 10.2 Å². The van der Waals surface area contributed by atoms with E-state index in [-0.39, 0.29) is 0 Å². The molecule has 8 nitrogen and oxygen atoms in total. The minimum atomic E-state index is 0.669. The molecule has 2 aliphatic rings. The molecule has 0 fully saturated rings. The minimum Gasteiger partial charge on any atom is -0.497 e. The second-order valence-corrected chi connectivity index (χ2v) is 8.16. The van der Waals surface area contributed by atoms with Crippen LogP contribution in [-0.2, 0) is 20.0 Å². The van der Waals surface area contributed by atoms with Crippen LogP contribution in [0.1, 0.15) is 24.1 Å². The van der Waals surface area contributed by atoms with E-state index < -0.39 is 0 Å². The summed E-state index contributed by atoms with van der Waals surface area (Å²) in [4.78, 5) is 9.28. The number of methoxy groups -OCH3 is 1. The molecule has 0 saturated heterocycles. The highest BCUT2D eigenvalue weighted by Crippen LogP contribution is 2.38. The quantitative estimate of drug-likeness (QED) is 0.439. The Morgan fingerprint density at radius 1 is 1.12 bits per heavy atom. The number of benzene rings is 1. The van der Waals surface area contributed by atoms with E-state index >= 15 is 0 Å². The first-order valence-electron chi connectivity index (χ1n) is 10.7. The minimum absolute atomic E-state index is 0.669. The van der Waals surface area contributed by atoms with Gasteiger partial charge in [0, 0.05) is 48.8 Å². The van der Waals surface area contributed by atoms with E-state index in [1.807, 2.05) is 47.3 Å². The van der Waals surface area contributed by atoms with Gasteiger partial charge in [0.05, 0.1) is 48.3 Å². The lowest BCUT2D eigenvalue weighted by Gasteiger charge is -2.11. The molecule has 4 aromatic rings. The number of aliphatic imine (C=N–C) groups is 1. The van der Waals surface area contributed by atoms with Gasteiger partial charge in [-0.25, -0.2) is 4.98 Å². The summed E-state index contributed by atoms with van der Waals surface area (Å²) in [5.41, 5.74) is 8.35. The standard InChI is InChI=1S/C24H23N7O/c1-29-12-16-9-22-24(17-11-27-30(13-17)14-18-5-3-4-8-25-18)26-15-31(22)21-7-6-19(32-2)10-20(21)23(16)28-29/h5-8,10-13,15H,3-4,9,14H2,1-2H3. The predicted molar refractivity (Wildman–Crippen MR) is 122 cm³/mol. The van der Waals surface area contributed by atoms with Crippen molar-refractivity contribution in [3.63, 3.8) is 0 Å². The molecule has 2 aliphatic heterocycles. The average molecular weight is 425 g/mol. The van der Waals surface area contributed by atoms with Crippen molar-refractivity contribution in [3.05, 3.63) is 66.1 Å². The van der Waals surface area contributed by atoms with Crippen molar-refractivity contribution in [2.75, 3.05) is 7.11 Å². The molecule has 160 valence electrons. The zero-order valence-electron chi connectivity index (χ0n) is 18.1. The van der Waals surface area contributed by atoms with Gasteiger partial charge in [-0.05, 0) is 31.0 Å². The van der Waals surface area contributed by atoms with E-state index in [0.717, 1.165) is 70.2 Å². The molecular weight excluding hydrogens is 402 g/mol. The third-order valence-corrected chi connectivity index (χ3v) is 6.01. The molecule has 0 amide bonds. The number of nitrogens with zero attached hydrogens (tertiary/aromatic N) is 7. The smallest absolute Gasteiger partial charge is 0.119 e. The molecular formula is C24H23N7O. The number of rotatable bonds is 4. The van der Waals surface area contributed by atoms with Gasteiger partial charge < -0.3 is 9.30 Å². The fourth-order valence-electron chi connectivity index (χ4n) is 4.51. The fraction of sp³-hybridized carbons (Fsp3) is 0.250. The van der Waals surface area contributed by atoms with Crippen LogP contribution in [0, 0.1) is 0 Å². The molecule has 0 saturated carbocycles. The molecule has 1 aromatic carbocycles. The number of fused-ring (bicyclic) bond motifs is 5. The van der Waals surface area contributed by atoms with Crippen LogP contribution in [0.25, 0.3) is 28.2 Å². The zero-order chi connectivity index (χ0) is 21.7. The Hall–Kier alpha value is -3.94. The Kier molecular flexibility index (Phi) is 4.31. The van der Waals surface area contributed by atoms with Crippen LogP contribution < -0.4 is 4.74 Å². The molecule has 0 atom stereocenters. The van der Waals surface area contributed by atoms with E-state index in [1.165, 1.54) is 0 Å². The number of aryl methyl sites for hydroxylation is 1. The predicted octanol–water partition coefficient (Wildman–Crippen LogP) is 3.80. The first-order chi connectivity index (χ1) is 15.7. The maximum atomic E-state index is 5.49. The summed E-state index contributed by atoms with van der Waals surface area (Å²) in [5.74, 6) is 0.810. The van der Waals surface area contributed by atoms with Gasteiger partial charge in [-0.1, -0.05) is 6.08 Å². The molecule has 0 bridgehead atoms. The Morgan fingerprint density at radius 3 is 2.91 bits per heavy atom. The molecule has 0 unspecified atom stereocenters. The van der Waals surface area contributed by atoms with E-state index in [9.17, 15) is 0 Å². The van der Waals surface area contributed by atoms with E-state index in [4.69, 9.17) is 14.8 Å². The van der Waals surface area contributed by atoms with Gasteiger partial charge in [0.1, 0.15) is 12.1 Å². The summed E-state index contributed by atoms with van der Waals surface area (Å²) in [6.45, 7) is 0.669. The van der Waals surface area contributed by atoms with Crippen molar-refractivity contribution < 1.29 is 4.74 Å². The number of imidazole rings is 1. The molecule has 8 heteroatoms. The second kappa shape index (κ2) is 7.33. The van der Waals surface area contributed by atoms with Crippen molar-refractivity contribution in [1.29, 1.82) is 0 Å². The van der Waals surface area contributed by atoms with Gasteiger partial charge in [-0.3, -0.25) is 14.4 Å². The van der Waals surface area contributed by atoms with Gasteiger partial charge in [0.25, 0.3) is 0 Å². The molecule has 5 heterocycles. The lowest BCUT2D eigenvalue weighted by Crippen LogP contribution is -2.02. The van der Waals surface area contributed by atoms with Crippen molar-refractivity contribution in [2.45, 2.75) is 25.8 Å². The first-order valence-corrected chi connectivity index (χ1v) is 10.7. The Balaban J connectivity index is 1.44. The van der Waals surface area contributed by atoms with Crippen LogP contribution in [0.15, 0.2) is 59.9 Å². The Morgan fingerprint density at radius 2 is 2.06 bits per heavy atom. The number of ether oxygens (including phenoxy) is 1. The van der Waals surface area contributed by atoms with E-state index in [2.05, 4.69) is 39.2 Å². The van der Waals surface area contributed by atoms with Crippen LogP contribution in [0.4, 0.5) is 0 Å².